The summed E-state index contributed by atoms with van der Waals surface area (Å²) in [5.74, 6) is 0.168. The topological polar surface area (TPSA) is 17.1 Å². The third kappa shape index (κ3) is 3.24. The molecule has 1 aromatic rings. The summed E-state index contributed by atoms with van der Waals surface area (Å²) in [7, 11) is 0. The van der Waals surface area contributed by atoms with Gasteiger partial charge in [-0.3, -0.25) is 4.79 Å². The molecule has 1 aromatic carbocycles. The van der Waals surface area contributed by atoms with Crippen molar-refractivity contribution in [3.8, 4) is 0 Å². The van der Waals surface area contributed by atoms with E-state index in [0.29, 0.717) is 6.42 Å². The van der Waals surface area contributed by atoms with Crippen LogP contribution in [0.4, 0.5) is 0 Å². The van der Waals surface area contributed by atoms with Gasteiger partial charge in [0.15, 0.2) is 5.78 Å². The molecule has 0 heterocycles. The number of allylic oxidation sites excluding steroid dienone is 1. The van der Waals surface area contributed by atoms with Gasteiger partial charge in [-0.15, -0.1) is 0 Å². The van der Waals surface area contributed by atoms with Crippen molar-refractivity contribution in [3.05, 3.63) is 41.5 Å². The molecule has 0 aromatic heterocycles. The van der Waals surface area contributed by atoms with E-state index in [0.717, 1.165) is 5.56 Å². The van der Waals surface area contributed by atoms with Crippen LogP contribution in [0.5, 0.6) is 0 Å². The van der Waals surface area contributed by atoms with E-state index in [1.807, 2.05) is 38.1 Å². The molecule has 0 aliphatic heterocycles. The average Bonchev–Trinajstić information content (AvgIpc) is 2.14. The van der Waals surface area contributed by atoms with E-state index >= 15 is 0 Å². The lowest BCUT2D eigenvalue weighted by atomic mass is 10.1. The van der Waals surface area contributed by atoms with Gasteiger partial charge in [-0.25, -0.2) is 0 Å². The monoisotopic (exact) mass is 174 g/mol. The average molecular weight is 174 g/mol. The van der Waals surface area contributed by atoms with E-state index in [-0.39, 0.29) is 5.78 Å². The van der Waals surface area contributed by atoms with E-state index in [1.165, 1.54) is 5.56 Å². The highest BCUT2D eigenvalue weighted by atomic mass is 16.1. The van der Waals surface area contributed by atoms with Crippen LogP contribution in [0, 0.1) is 6.92 Å². The summed E-state index contributed by atoms with van der Waals surface area (Å²) in [6, 6.07) is 8.08. The molecule has 0 aliphatic rings. The molecule has 68 valence electrons. The van der Waals surface area contributed by atoms with Gasteiger partial charge in [-0.1, -0.05) is 42.8 Å². The van der Waals surface area contributed by atoms with Crippen molar-refractivity contribution >= 4 is 11.9 Å². The Morgan fingerprint density at radius 3 is 2.85 bits per heavy atom. The number of benzene rings is 1. The highest BCUT2D eigenvalue weighted by molar-refractivity contribution is 5.93. The number of hydrogen-bond acceptors (Lipinski definition) is 1. The van der Waals surface area contributed by atoms with Crippen LogP contribution in [-0.2, 0) is 4.79 Å². The van der Waals surface area contributed by atoms with E-state index in [9.17, 15) is 4.79 Å². The minimum atomic E-state index is 0.168. The molecule has 0 aliphatic carbocycles. The van der Waals surface area contributed by atoms with Crippen molar-refractivity contribution in [2.24, 2.45) is 0 Å². The van der Waals surface area contributed by atoms with E-state index in [2.05, 4.69) is 6.07 Å². The van der Waals surface area contributed by atoms with Crippen molar-refractivity contribution in [1.82, 2.24) is 0 Å². The van der Waals surface area contributed by atoms with E-state index < -0.39 is 0 Å². The fourth-order valence-corrected chi connectivity index (χ4v) is 1.08. The fraction of sp³-hybridized carbons (Fsp3) is 0.250. The molecule has 0 N–H and O–H groups in total. The Labute approximate surface area is 79.1 Å². The fourth-order valence-electron chi connectivity index (χ4n) is 1.08. The minimum absolute atomic E-state index is 0.168. The smallest absolute Gasteiger partial charge is 0.155 e. The Morgan fingerprint density at radius 2 is 2.23 bits per heavy atom. The predicted molar refractivity (Wildman–Crippen MR) is 55.5 cm³/mol. The van der Waals surface area contributed by atoms with Gasteiger partial charge in [0.05, 0.1) is 0 Å². The molecular formula is C12H14O. The summed E-state index contributed by atoms with van der Waals surface area (Å²) >= 11 is 0. The second-order valence-electron chi connectivity index (χ2n) is 3.07. The molecule has 0 saturated carbocycles. The van der Waals surface area contributed by atoms with E-state index in [4.69, 9.17) is 0 Å². The van der Waals surface area contributed by atoms with Crippen molar-refractivity contribution in [2.75, 3.05) is 0 Å². The molecule has 0 spiro atoms. The van der Waals surface area contributed by atoms with Gasteiger partial charge < -0.3 is 0 Å². The SMILES string of the molecule is CCC(=O)/C=C/c1cccc(C)c1. The zero-order valence-electron chi connectivity index (χ0n) is 8.08. The first-order valence-corrected chi connectivity index (χ1v) is 4.50. The van der Waals surface area contributed by atoms with Crippen LogP contribution in [0.1, 0.15) is 24.5 Å². The van der Waals surface area contributed by atoms with Crippen LogP contribution in [-0.4, -0.2) is 5.78 Å². The van der Waals surface area contributed by atoms with Crippen LogP contribution in [0.2, 0.25) is 0 Å². The number of carbonyl (C=O) groups excluding carboxylic acids is 1. The van der Waals surface area contributed by atoms with Gasteiger partial charge in [-0.05, 0) is 18.6 Å². The largest absolute Gasteiger partial charge is 0.295 e. The predicted octanol–water partition coefficient (Wildman–Crippen LogP) is 2.99. The Morgan fingerprint density at radius 1 is 1.46 bits per heavy atom. The summed E-state index contributed by atoms with van der Waals surface area (Å²) in [6.45, 7) is 3.90. The third-order valence-electron chi connectivity index (χ3n) is 1.85. The number of rotatable bonds is 3. The number of ketones is 1. The zero-order chi connectivity index (χ0) is 9.68. The van der Waals surface area contributed by atoms with Crippen LogP contribution in [0.3, 0.4) is 0 Å². The Bertz CT molecular complexity index is 324. The molecule has 1 heteroatoms. The quantitative estimate of drug-likeness (QED) is 0.644. The lowest BCUT2D eigenvalue weighted by Gasteiger charge is -1.94. The van der Waals surface area contributed by atoms with Gasteiger partial charge in [0.1, 0.15) is 0 Å². The summed E-state index contributed by atoms with van der Waals surface area (Å²) in [5.41, 5.74) is 2.30. The maximum Gasteiger partial charge on any atom is 0.155 e. The number of hydrogen-bond donors (Lipinski definition) is 0. The first-order chi connectivity index (χ1) is 6.22. The van der Waals surface area contributed by atoms with Crippen LogP contribution < -0.4 is 0 Å². The van der Waals surface area contributed by atoms with Crippen LogP contribution >= 0.6 is 0 Å². The Hall–Kier alpha value is -1.37. The zero-order valence-corrected chi connectivity index (χ0v) is 8.08. The summed E-state index contributed by atoms with van der Waals surface area (Å²) in [4.78, 5) is 11.0. The standard InChI is InChI=1S/C12H14O/c1-3-12(13)8-7-11-6-4-5-10(2)9-11/h4-9H,3H2,1-2H3/b8-7+. The maximum atomic E-state index is 11.0. The molecule has 0 saturated heterocycles. The summed E-state index contributed by atoms with van der Waals surface area (Å²) in [6.07, 6.45) is 4.07. The number of carbonyl (C=O) groups is 1. The highest BCUT2D eigenvalue weighted by Crippen LogP contribution is 2.05. The summed E-state index contributed by atoms with van der Waals surface area (Å²) < 4.78 is 0. The number of aryl methyl sites for hydroxylation is 1. The maximum absolute atomic E-state index is 11.0. The molecule has 13 heavy (non-hydrogen) atoms. The lowest BCUT2D eigenvalue weighted by molar-refractivity contribution is -0.114. The third-order valence-corrected chi connectivity index (χ3v) is 1.85. The molecule has 0 radical (unpaired) electrons. The van der Waals surface area contributed by atoms with E-state index in [1.54, 1.807) is 6.08 Å². The Balaban J connectivity index is 2.74. The Kier molecular flexibility index (Phi) is 3.44. The second-order valence-corrected chi connectivity index (χ2v) is 3.07. The minimum Gasteiger partial charge on any atom is -0.295 e. The van der Waals surface area contributed by atoms with Gasteiger partial charge in [0.25, 0.3) is 0 Å². The molecule has 1 rings (SSSR count). The molecule has 0 unspecified atom stereocenters. The van der Waals surface area contributed by atoms with Gasteiger partial charge in [0.2, 0.25) is 0 Å². The first kappa shape index (κ1) is 9.72. The highest BCUT2D eigenvalue weighted by Gasteiger charge is 1.90. The van der Waals surface area contributed by atoms with Crippen LogP contribution in [0.25, 0.3) is 6.08 Å². The van der Waals surface area contributed by atoms with Gasteiger partial charge >= 0.3 is 0 Å². The molecule has 0 fully saturated rings. The van der Waals surface area contributed by atoms with Crippen molar-refractivity contribution in [1.29, 1.82) is 0 Å². The normalized spacial score (nSPS) is 10.6. The molecular weight excluding hydrogens is 160 g/mol. The molecule has 0 bridgehead atoms. The van der Waals surface area contributed by atoms with Crippen molar-refractivity contribution in [2.45, 2.75) is 20.3 Å². The second kappa shape index (κ2) is 4.61. The van der Waals surface area contributed by atoms with Gasteiger partial charge in [0, 0.05) is 6.42 Å². The molecule has 0 amide bonds. The summed E-state index contributed by atoms with van der Waals surface area (Å²) in [5, 5.41) is 0. The molecule has 1 nitrogen and oxygen atoms in total. The van der Waals surface area contributed by atoms with Gasteiger partial charge in [-0.2, -0.15) is 0 Å². The van der Waals surface area contributed by atoms with Crippen molar-refractivity contribution in [3.63, 3.8) is 0 Å². The van der Waals surface area contributed by atoms with Crippen LogP contribution in [0.15, 0.2) is 30.3 Å². The molecule has 0 atom stereocenters. The first-order valence-electron chi connectivity index (χ1n) is 4.50. The lowest BCUT2D eigenvalue weighted by Crippen LogP contribution is -1.86. The van der Waals surface area contributed by atoms with Crippen molar-refractivity contribution < 1.29 is 4.79 Å².